The maximum absolute atomic E-state index is 12.9. The van der Waals surface area contributed by atoms with Crippen LogP contribution in [0.4, 0.5) is 11.4 Å². The fourth-order valence-corrected chi connectivity index (χ4v) is 4.27. The lowest BCUT2D eigenvalue weighted by atomic mass is 9.93. The summed E-state index contributed by atoms with van der Waals surface area (Å²) in [5, 5.41) is 18.7. The van der Waals surface area contributed by atoms with E-state index in [1.807, 2.05) is 0 Å². The lowest BCUT2D eigenvalue weighted by Gasteiger charge is -2.13. The number of nitrogens with one attached hydrogen (secondary N) is 2. The minimum absolute atomic E-state index is 0.0314. The van der Waals surface area contributed by atoms with E-state index in [9.17, 15) is 19.7 Å². The van der Waals surface area contributed by atoms with Crippen LogP contribution in [0.1, 0.15) is 50.6 Å². The molecule has 0 bridgehead atoms. The molecule has 12 heteroatoms. The van der Waals surface area contributed by atoms with E-state index in [0.717, 1.165) is 6.07 Å². The standard InChI is InChI=1S/C23H17Cl3N4O5/c1-11-20-16(28-29-22(31)12-5-7-15(26)18(9-12)30(33)34)3-2-4-19(20)35-21(11)23(32)27-17-10-13(24)6-8-14(17)25/h5-10H,2-4H2,1H3,(H,27,32)(H,29,31)/b28-16+. The molecule has 0 radical (unpaired) electrons. The Balaban J connectivity index is 1.58. The summed E-state index contributed by atoms with van der Waals surface area (Å²) in [5.41, 5.74) is 4.15. The molecule has 0 aliphatic heterocycles. The first-order chi connectivity index (χ1) is 16.7. The average molecular weight is 536 g/mol. The fraction of sp³-hybridized carbons (Fsp3) is 0.174. The number of fused-ring (bicyclic) bond motifs is 1. The summed E-state index contributed by atoms with van der Waals surface area (Å²) in [4.78, 5) is 35.9. The average Bonchev–Trinajstić information content (AvgIpc) is 3.17. The highest BCUT2D eigenvalue weighted by atomic mass is 35.5. The molecule has 0 atom stereocenters. The van der Waals surface area contributed by atoms with Gasteiger partial charge in [0.25, 0.3) is 17.5 Å². The van der Waals surface area contributed by atoms with Gasteiger partial charge in [0.1, 0.15) is 10.8 Å². The van der Waals surface area contributed by atoms with Crippen molar-refractivity contribution >= 4 is 63.7 Å². The van der Waals surface area contributed by atoms with Crippen LogP contribution in [0.2, 0.25) is 15.1 Å². The number of hydrazone groups is 1. The third kappa shape index (κ3) is 5.17. The third-order valence-electron chi connectivity index (χ3n) is 5.41. The first-order valence-electron chi connectivity index (χ1n) is 10.4. The summed E-state index contributed by atoms with van der Waals surface area (Å²) in [6.45, 7) is 1.72. The summed E-state index contributed by atoms with van der Waals surface area (Å²) >= 11 is 17.9. The van der Waals surface area contributed by atoms with Gasteiger partial charge in [-0.1, -0.05) is 34.8 Å². The zero-order valence-corrected chi connectivity index (χ0v) is 20.4. The highest BCUT2D eigenvalue weighted by Crippen LogP contribution is 2.32. The van der Waals surface area contributed by atoms with E-state index in [1.54, 1.807) is 19.1 Å². The Morgan fingerprint density at radius 1 is 1.06 bits per heavy atom. The van der Waals surface area contributed by atoms with Gasteiger partial charge in [-0.15, -0.1) is 0 Å². The highest BCUT2D eigenvalue weighted by Gasteiger charge is 2.28. The molecule has 0 spiro atoms. The Labute approximate surface area is 214 Å². The third-order valence-corrected chi connectivity index (χ3v) is 6.29. The molecule has 2 N–H and O–H groups in total. The zero-order chi connectivity index (χ0) is 25.3. The first kappa shape index (κ1) is 24.7. The van der Waals surface area contributed by atoms with E-state index in [-0.39, 0.29) is 22.0 Å². The Morgan fingerprint density at radius 3 is 2.54 bits per heavy atom. The van der Waals surface area contributed by atoms with Gasteiger partial charge in [0.05, 0.1) is 21.3 Å². The van der Waals surface area contributed by atoms with Gasteiger partial charge >= 0.3 is 0 Å². The van der Waals surface area contributed by atoms with Crippen molar-refractivity contribution in [3.8, 4) is 0 Å². The lowest BCUT2D eigenvalue weighted by Crippen LogP contribution is -2.22. The summed E-state index contributed by atoms with van der Waals surface area (Å²) in [7, 11) is 0. The monoisotopic (exact) mass is 534 g/mol. The molecule has 4 rings (SSSR count). The number of hydrogen-bond donors (Lipinski definition) is 2. The Kier molecular flexibility index (Phi) is 7.11. The summed E-state index contributed by atoms with van der Waals surface area (Å²) < 4.78 is 5.85. The van der Waals surface area contributed by atoms with Crippen molar-refractivity contribution in [3.63, 3.8) is 0 Å². The Morgan fingerprint density at radius 2 is 1.80 bits per heavy atom. The summed E-state index contributed by atoms with van der Waals surface area (Å²) in [6.07, 6.45) is 1.83. The zero-order valence-electron chi connectivity index (χ0n) is 18.2. The molecule has 9 nitrogen and oxygen atoms in total. The number of rotatable bonds is 5. The fourth-order valence-electron chi connectivity index (χ4n) is 3.75. The second-order valence-electron chi connectivity index (χ2n) is 7.71. The van der Waals surface area contributed by atoms with Crippen molar-refractivity contribution < 1.29 is 18.9 Å². The predicted octanol–water partition coefficient (Wildman–Crippen LogP) is 6.18. The van der Waals surface area contributed by atoms with E-state index in [2.05, 4.69) is 15.8 Å². The van der Waals surface area contributed by atoms with Crippen LogP contribution in [0, 0.1) is 17.0 Å². The van der Waals surface area contributed by atoms with Gasteiger partial charge < -0.3 is 9.73 Å². The van der Waals surface area contributed by atoms with Crippen LogP contribution in [0.3, 0.4) is 0 Å². The minimum Gasteiger partial charge on any atom is -0.455 e. The van der Waals surface area contributed by atoms with Crippen LogP contribution in [0.5, 0.6) is 0 Å². The molecule has 1 aliphatic rings. The molecule has 0 unspecified atom stereocenters. The van der Waals surface area contributed by atoms with Gasteiger partial charge in [0.2, 0.25) is 0 Å². The minimum atomic E-state index is -0.670. The summed E-state index contributed by atoms with van der Waals surface area (Å²) in [6, 6.07) is 8.43. The predicted molar refractivity (Wildman–Crippen MR) is 133 cm³/mol. The normalized spacial score (nSPS) is 13.9. The van der Waals surface area contributed by atoms with E-state index in [4.69, 9.17) is 39.2 Å². The number of nitrogens with zero attached hydrogens (tertiary/aromatic N) is 2. The van der Waals surface area contributed by atoms with E-state index in [1.165, 1.54) is 18.2 Å². The van der Waals surface area contributed by atoms with Crippen LogP contribution in [-0.2, 0) is 6.42 Å². The number of carbonyl (C=O) groups is 2. The largest absolute Gasteiger partial charge is 0.455 e. The van der Waals surface area contributed by atoms with Crippen LogP contribution in [0.15, 0.2) is 45.9 Å². The molecule has 2 amide bonds. The van der Waals surface area contributed by atoms with Crippen molar-refractivity contribution in [1.82, 2.24) is 5.43 Å². The van der Waals surface area contributed by atoms with Gasteiger partial charge in [0, 0.05) is 34.2 Å². The number of hydrogen-bond acceptors (Lipinski definition) is 6. The molecule has 1 heterocycles. The number of amides is 2. The Hall–Kier alpha value is -3.40. The second kappa shape index (κ2) is 10.1. The molecule has 0 saturated heterocycles. The van der Waals surface area contributed by atoms with Gasteiger partial charge in [-0.25, -0.2) is 5.43 Å². The SMILES string of the molecule is Cc1c(C(=O)Nc2cc(Cl)ccc2Cl)oc2c1/C(=N/NC(=O)c1ccc(Cl)c([N+](=O)[O-])c1)CCC2. The van der Waals surface area contributed by atoms with Crippen LogP contribution in [0.25, 0.3) is 0 Å². The number of nitro groups is 1. The highest BCUT2D eigenvalue weighted by molar-refractivity contribution is 6.36. The number of anilines is 1. The second-order valence-corrected chi connectivity index (χ2v) is 8.96. The quantitative estimate of drug-likeness (QED) is 0.298. The maximum atomic E-state index is 12.9. The van der Waals surface area contributed by atoms with Gasteiger partial charge in [0.15, 0.2) is 5.76 Å². The van der Waals surface area contributed by atoms with Crippen molar-refractivity contribution in [1.29, 1.82) is 0 Å². The van der Waals surface area contributed by atoms with Gasteiger partial charge in [-0.3, -0.25) is 19.7 Å². The lowest BCUT2D eigenvalue weighted by molar-refractivity contribution is -0.384. The first-order valence-corrected chi connectivity index (χ1v) is 11.5. The number of furan rings is 1. The number of nitro benzene ring substituents is 1. The summed E-state index contributed by atoms with van der Waals surface area (Å²) in [5.74, 6) is -0.469. The van der Waals surface area contributed by atoms with Gasteiger partial charge in [-0.05, 0) is 50.1 Å². The molecule has 0 fully saturated rings. The van der Waals surface area contributed by atoms with Crippen LogP contribution < -0.4 is 10.7 Å². The van der Waals surface area contributed by atoms with Crippen molar-refractivity contribution in [2.45, 2.75) is 26.2 Å². The number of halogens is 3. The molecule has 2 aromatic carbocycles. The van der Waals surface area contributed by atoms with Crippen LogP contribution in [-0.4, -0.2) is 22.4 Å². The number of aryl methyl sites for hydroxylation is 1. The molecule has 1 aromatic heterocycles. The molecule has 180 valence electrons. The number of carbonyl (C=O) groups excluding carboxylic acids is 2. The molecule has 0 saturated carbocycles. The molecule has 1 aliphatic carbocycles. The van der Waals surface area contributed by atoms with Crippen LogP contribution >= 0.6 is 34.8 Å². The molecular formula is C23H17Cl3N4O5. The molecular weight excluding hydrogens is 519 g/mol. The van der Waals surface area contributed by atoms with Crippen molar-refractivity contribution in [3.05, 3.63) is 89.8 Å². The van der Waals surface area contributed by atoms with E-state index < -0.39 is 16.7 Å². The smallest absolute Gasteiger partial charge is 0.291 e. The van der Waals surface area contributed by atoms with E-state index in [0.29, 0.717) is 57.6 Å². The van der Waals surface area contributed by atoms with E-state index >= 15 is 0 Å². The molecule has 35 heavy (non-hydrogen) atoms. The number of benzene rings is 2. The van der Waals surface area contributed by atoms with Crippen molar-refractivity contribution in [2.24, 2.45) is 5.10 Å². The molecule has 3 aromatic rings. The van der Waals surface area contributed by atoms with Crippen molar-refractivity contribution in [2.75, 3.05) is 5.32 Å². The van der Waals surface area contributed by atoms with Gasteiger partial charge in [-0.2, -0.15) is 5.10 Å². The maximum Gasteiger partial charge on any atom is 0.291 e. The Bertz CT molecular complexity index is 1400. The topological polar surface area (TPSA) is 127 Å².